The van der Waals surface area contributed by atoms with E-state index in [1.54, 1.807) is 0 Å². The number of sulfonamides is 2. The van der Waals surface area contributed by atoms with Crippen LogP contribution in [0.2, 0.25) is 0 Å². The smallest absolute Gasteiger partial charge is 0.240 e. The number of hydrogen-bond donors (Lipinski definition) is 3. The van der Waals surface area contributed by atoms with Gasteiger partial charge in [0.15, 0.2) is 0 Å². The van der Waals surface area contributed by atoms with Crippen LogP contribution in [0.1, 0.15) is 38.5 Å². The molecule has 4 N–H and O–H groups in total. The van der Waals surface area contributed by atoms with Crippen LogP contribution in [0.3, 0.4) is 0 Å². The van der Waals surface area contributed by atoms with Crippen molar-refractivity contribution >= 4 is 20.0 Å². The van der Waals surface area contributed by atoms with Gasteiger partial charge in [0.2, 0.25) is 20.0 Å². The molecular formula is C16H25N3O4S2. The van der Waals surface area contributed by atoms with Crippen molar-refractivity contribution in [3.05, 3.63) is 24.3 Å². The SMILES string of the molecule is NCC(NS(=O)(=O)c1ccc(S(=O)(=O)NC2CC2)cc1)C1CCCC1. The largest absolute Gasteiger partial charge is 0.329 e. The quantitative estimate of drug-likeness (QED) is 0.613. The predicted octanol–water partition coefficient (Wildman–Crippen LogP) is 0.923. The lowest BCUT2D eigenvalue weighted by Gasteiger charge is -2.23. The van der Waals surface area contributed by atoms with Crippen LogP contribution in [-0.4, -0.2) is 35.5 Å². The minimum atomic E-state index is -3.73. The molecule has 140 valence electrons. The molecule has 2 aliphatic rings. The lowest BCUT2D eigenvalue weighted by atomic mass is 9.99. The fourth-order valence-corrected chi connectivity index (χ4v) is 5.87. The van der Waals surface area contributed by atoms with Crippen molar-refractivity contribution in [3.8, 4) is 0 Å². The molecule has 3 rings (SSSR count). The normalized spacial score (nSPS) is 20.7. The van der Waals surface area contributed by atoms with Crippen molar-refractivity contribution in [1.82, 2.24) is 9.44 Å². The lowest BCUT2D eigenvalue weighted by Crippen LogP contribution is -2.44. The number of nitrogens with two attached hydrogens (primary N) is 1. The molecule has 7 nitrogen and oxygen atoms in total. The summed E-state index contributed by atoms with van der Waals surface area (Å²) in [7, 11) is -7.31. The van der Waals surface area contributed by atoms with E-state index in [0.29, 0.717) is 0 Å². The number of hydrogen-bond acceptors (Lipinski definition) is 5. The summed E-state index contributed by atoms with van der Waals surface area (Å²) in [5.74, 6) is 0.266. The van der Waals surface area contributed by atoms with Crippen LogP contribution >= 0.6 is 0 Å². The Morgan fingerprint density at radius 3 is 1.92 bits per heavy atom. The molecule has 0 heterocycles. The minimum absolute atomic E-state index is 0.00630. The van der Waals surface area contributed by atoms with E-state index in [1.165, 1.54) is 24.3 Å². The van der Waals surface area contributed by atoms with Gasteiger partial charge in [-0.2, -0.15) is 0 Å². The van der Waals surface area contributed by atoms with Crippen molar-refractivity contribution in [3.63, 3.8) is 0 Å². The van der Waals surface area contributed by atoms with Gasteiger partial charge in [0.1, 0.15) is 0 Å². The monoisotopic (exact) mass is 387 g/mol. The Balaban J connectivity index is 1.73. The summed E-state index contributed by atoms with van der Waals surface area (Å²) in [6, 6.07) is 5.02. The van der Waals surface area contributed by atoms with Crippen LogP contribution in [-0.2, 0) is 20.0 Å². The zero-order chi connectivity index (χ0) is 18.1. The van der Waals surface area contributed by atoms with Crippen LogP contribution in [0.4, 0.5) is 0 Å². The van der Waals surface area contributed by atoms with E-state index in [-0.39, 0.29) is 34.3 Å². The Morgan fingerprint density at radius 2 is 1.44 bits per heavy atom. The van der Waals surface area contributed by atoms with E-state index in [4.69, 9.17) is 5.73 Å². The first kappa shape index (κ1) is 18.8. The summed E-state index contributed by atoms with van der Waals surface area (Å²) in [6.45, 7) is 0.252. The van der Waals surface area contributed by atoms with Crippen LogP contribution in [0.5, 0.6) is 0 Å². The Kier molecular flexibility index (Phi) is 5.50. The molecule has 0 aromatic heterocycles. The van der Waals surface area contributed by atoms with Crippen LogP contribution in [0.25, 0.3) is 0 Å². The molecule has 0 aliphatic heterocycles. The topological polar surface area (TPSA) is 118 Å². The standard InChI is InChI=1S/C16H25N3O4S2/c17-11-16(12-3-1-2-4-12)19-25(22,23)15-9-7-14(8-10-15)24(20,21)18-13-5-6-13/h7-10,12-13,16,18-19H,1-6,11,17H2. The van der Waals surface area contributed by atoms with E-state index in [2.05, 4.69) is 9.44 Å². The Hall–Kier alpha value is -1.00. The van der Waals surface area contributed by atoms with Gasteiger partial charge in [0, 0.05) is 18.6 Å². The van der Waals surface area contributed by atoms with E-state index in [9.17, 15) is 16.8 Å². The Labute approximate surface area is 149 Å². The highest BCUT2D eigenvalue weighted by atomic mass is 32.2. The summed E-state index contributed by atoms with van der Waals surface area (Å²) in [5.41, 5.74) is 5.76. The van der Waals surface area contributed by atoms with Crippen LogP contribution < -0.4 is 15.2 Å². The summed E-state index contributed by atoms with van der Waals surface area (Å²) >= 11 is 0. The van der Waals surface area contributed by atoms with Crippen molar-refractivity contribution in [2.75, 3.05) is 6.54 Å². The molecule has 1 aromatic carbocycles. The van der Waals surface area contributed by atoms with Gasteiger partial charge in [0.25, 0.3) is 0 Å². The molecule has 0 amide bonds. The van der Waals surface area contributed by atoms with Gasteiger partial charge in [0.05, 0.1) is 9.79 Å². The molecule has 0 radical (unpaired) electrons. The van der Waals surface area contributed by atoms with Gasteiger partial charge in [-0.25, -0.2) is 26.3 Å². The van der Waals surface area contributed by atoms with Crippen LogP contribution in [0, 0.1) is 5.92 Å². The first-order valence-corrected chi connectivity index (χ1v) is 11.6. The highest BCUT2D eigenvalue weighted by Gasteiger charge is 2.30. The molecule has 2 aliphatic carbocycles. The van der Waals surface area contributed by atoms with E-state index in [1.807, 2.05) is 0 Å². The average molecular weight is 388 g/mol. The molecule has 1 aromatic rings. The summed E-state index contributed by atoms with van der Waals surface area (Å²) in [5, 5.41) is 0. The molecule has 2 fully saturated rings. The highest BCUT2D eigenvalue weighted by molar-refractivity contribution is 7.90. The second kappa shape index (κ2) is 7.32. The molecule has 1 unspecified atom stereocenters. The predicted molar refractivity (Wildman–Crippen MR) is 94.9 cm³/mol. The molecule has 0 bridgehead atoms. The zero-order valence-corrected chi connectivity index (χ0v) is 15.7. The maximum absolute atomic E-state index is 12.6. The molecule has 25 heavy (non-hydrogen) atoms. The number of nitrogens with one attached hydrogen (secondary N) is 2. The molecule has 0 spiro atoms. The molecule has 0 saturated heterocycles. The second-order valence-electron chi connectivity index (χ2n) is 6.87. The first-order valence-electron chi connectivity index (χ1n) is 8.66. The number of rotatable bonds is 8. The van der Waals surface area contributed by atoms with Crippen molar-refractivity contribution in [2.45, 2.75) is 60.4 Å². The second-order valence-corrected chi connectivity index (χ2v) is 10.3. The van der Waals surface area contributed by atoms with E-state index >= 15 is 0 Å². The average Bonchev–Trinajstić information content (AvgIpc) is 3.21. The van der Waals surface area contributed by atoms with Crippen LogP contribution in [0.15, 0.2) is 34.1 Å². The summed E-state index contributed by atoms with van der Waals surface area (Å²) in [4.78, 5) is 0.124. The summed E-state index contributed by atoms with van der Waals surface area (Å²) < 4.78 is 54.7. The fourth-order valence-electron chi connectivity index (χ4n) is 3.25. The molecule has 9 heteroatoms. The maximum atomic E-state index is 12.6. The minimum Gasteiger partial charge on any atom is -0.329 e. The van der Waals surface area contributed by atoms with Gasteiger partial charge in [-0.1, -0.05) is 12.8 Å². The van der Waals surface area contributed by atoms with Gasteiger partial charge in [-0.05, 0) is 55.9 Å². The third-order valence-corrected chi connectivity index (χ3v) is 7.92. The third kappa shape index (κ3) is 4.59. The maximum Gasteiger partial charge on any atom is 0.240 e. The third-order valence-electron chi connectivity index (χ3n) is 4.87. The number of benzene rings is 1. The van der Waals surface area contributed by atoms with Gasteiger partial charge in [-0.3, -0.25) is 0 Å². The van der Waals surface area contributed by atoms with Crippen molar-refractivity contribution < 1.29 is 16.8 Å². The van der Waals surface area contributed by atoms with Crippen molar-refractivity contribution in [2.24, 2.45) is 11.7 Å². The zero-order valence-electron chi connectivity index (χ0n) is 14.0. The van der Waals surface area contributed by atoms with E-state index in [0.717, 1.165) is 38.5 Å². The van der Waals surface area contributed by atoms with Gasteiger partial charge in [-0.15, -0.1) is 0 Å². The van der Waals surface area contributed by atoms with Gasteiger partial charge < -0.3 is 5.73 Å². The molecule has 2 saturated carbocycles. The lowest BCUT2D eigenvalue weighted by molar-refractivity contribution is 0.405. The molecular weight excluding hydrogens is 362 g/mol. The first-order chi connectivity index (χ1) is 11.8. The Morgan fingerprint density at radius 1 is 0.920 bits per heavy atom. The Bertz CT molecular complexity index is 796. The highest BCUT2D eigenvalue weighted by Crippen LogP contribution is 2.28. The summed E-state index contributed by atoms with van der Waals surface area (Å²) in [6.07, 6.45) is 5.85. The fraction of sp³-hybridized carbons (Fsp3) is 0.625. The molecule has 1 atom stereocenters. The van der Waals surface area contributed by atoms with Gasteiger partial charge >= 0.3 is 0 Å². The van der Waals surface area contributed by atoms with Crippen molar-refractivity contribution in [1.29, 1.82) is 0 Å². The van der Waals surface area contributed by atoms with E-state index < -0.39 is 20.0 Å².